The summed E-state index contributed by atoms with van der Waals surface area (Å²) in [5.41, 5.74) is 0.915. The van der Waals surface area contributed by atoms with Gasteiger partial charge in [0.25, 0.3) is 0 Å². The fraction of sp³-hybridized carbons (Fsp3) is 0.133. The van der Waals surface area contributed by atoms with E-state index in [1.165, 1.54) is 0 Å². The van der Waals surface area contributed by atoms with E-state index in [0.29, 0.717) is 17.5 Å². The van der Waals surface area contributed by atoms with Crippen LogP contribution in [0.15, 0.2) is 42.5 Å². The van der Waals surface area contributed by atoms with Gasteiger partial charge in [-0.3, -0.25) is 0 Å². The molecule has 18 heavy (non-hydrogen) atoms. The monoisotopic (exact) mass is 239 g/mol. The summed E-state index contributed by atoms with van der Waals surface area (Å²) >= 11 is 0. The number of hydrogen-bond acceptors (Lipinski definition) is 3. The van der Waals surface area contributed by atoms with Crippen LogP contribution in [0, 0.1) is 11.8 Å². The average molecular weight is 239 g/mol. The summed E-state index contributed by atoms with van der Waals surface area (Å²) in [7, 11) is 1.57. The highest BCUT2D eigenvalue weighted by molar-refractivity contribution is 5.40. The van der Waals surface area contributed by atoms with Crippen molar-refractivity contribution in [2.45, 2.75) is 6.92 Å². The second-order valence-electron chi connectivity index (χ2n) is 3.52. The lowest BCUT2D eigenvalue weighted by Crippen LogP contribution is -1.91. The second-order valence-corrected chi connectivity index (χ2v) is 3.52. The predicted molar refractivity (Wildman–Crippen MR) is 69.9 cm³/mol. The van der Waals surface area contributed by atoms with Crippen LogP contribution >= 0.6 is 0 Å². The Labute approximate surface area is 106 Å². The summed E-state index contributed by atoms with van der Waals surface area (Å²) in [6, 6.07) is 12.9. The van der Waals surface area contributed by atoms with Gasteiger partial charge in [0.05, 0.1) is 7.11 Å². The first-order chi connectivity index (χ1) is 8.81. The molecule has 1 aromatic heterocycles. The maximum atomic E-state index is 5.65. The first kappa shape index (κ1) is 12.0. The van der Waals surface area contributed by atoms with Gasteiger partial charge in [-0.25, -0.2) is 0 Å². The molecule has 0 radical (unpaired) electrons. The summed E-state index contributed by atoms with van der Waals surface area (Å²) in [4.78, 5) is 4.18. The normalized spacial score (nSPS) is 9.22. The molecule has 0 spiro atoms. The first-order valence-corrected chi connectivity index (χ1v) is 5.53. The van der Waals surface area contributed by atoms with Gasteiger partial charge in [0, 0.05) is 17.7 Å². The molecular formula is C15H13NO2. The van der Waals surface area contributed by atoms with Gasteiger partial charge >= 0.3 is 0 Å². The molecule has 0 aliphatic heterocycles. The quantitative estimate of drug-likeness (QED) is 0.770. The zero-order valence-corrected chi connectivity index (χ0v) is 10.3. The van der Waals surface area contributed by atoms with Crippen LogP contribution in [0.25, 0.3) is 0 Å². The second kappa shape index (κ2) is 5.74. The Bertz CT molecular complexity index is 597. The Morgan fingerprint density at radius 3 is 2.61 bits per heavy atom. The molecule has 2 rings (SSSR count). The molecule has 0 saturated heterocycles. The van der Waals surface area contributed by atoms with Crippen molar-refractivity contribution in [3.63, 3.8) is 0 Å². The Hall–Kier alpha value is -2.47. The van der Waals surface area contributed by atoms with Crippen LogP contribution in [-0.4, -0.2) is 12.1 Å². The maximum Gasteiger partial charge on any atom is 0.222 e. The van der Waals surface area contributed by atoms with E-state index in [-0.39, 0.29) is 0 Å². The van der Waals surface area contributed by atoms with Crippen molar-refractivity contribution in [1.29, 1.82) is 0 Å². The lowest BCUT2D eigenvalue weighted by Gasteiger charge is -2.06. The number of ether oxygens (including phenoxy) is 2. The lowest BCUT2D eigenvalue weighted by molar-refractivity contribution is 0.383. The number of nitrogens with zero attached hydrogens (tertiary/aromatic N) is 1. The van der Waals surface area contributed by atoms with Gasteiger partial charge in [0.2, 0.25) is 11.8 Å². The van der Waals surface area contributed by atoms with E-state index in [9.17, 15) is 0 Å². The lowest BCUT2D eigenvalue weighted by atomic mass is 10.2. The minimum Gasteiger partial charge on any atom is -0.481 e. The predicted octanol–water partition coefficient (Wildman–Crippen LogP) is 3.25. The zero-order chi connectivity index (χ0) is 12.8. The summed E-state index contributed by atoms with van der Waals surface area (Å²) < 4.78 is 10.7. The van der Waals surface area contributed by atoms with Crippen LogP contribution in [0.3, 0.4) is 0 Å². The Morgan fingerprint density at radius 2 is 1.83 bits per heavy atom. The highest BCUT2D eigenvalue weighted by Gasteiger charge is 2.01. The molecule has 0 N–H and O–H groups in total. The topological polar surface area (TPSA) is 31.4 Å². The molecule has 3 heteroatoms. The van der Waals surface area contributed by atoms with Crippen LogP contribution in [0.1, 0.15) is 12.5 Å². The summed E-state index contributed by atoms with van der Waals surface area (Å²) in [6.07, 6.45) is 0. The standard InChI is InChI=1S/C15H13NO2/c1-3-6-12-7-4-8-13(11-12)18-15-10-5-9-14(16-15)17-2/h4-5,7-11H,1-2H3. The number of rotatable bonds is 3. The van der Waals surface area contributed by atoms with Gasteiger partial charge in [-0.1, -0.05) is 18.1 Å². The number of hydrogen-bond donors (Lipinski definition) is 0. The molecular weight excluding hydrogens is 226 g/mol. The Morgan fingerprint density at radius 1 is 1.06 bits per heavy atom. The summed E-state index contributed by atoms with van der Waals surface area (Å²) in [6.45, 7) is 1.80. The van der Waals surface area contributed by atoms with Crippen LogP contribution in [0.5, 0.6) is 17.5 Å². The van der Waals surface area contributed by atoms with Gasteiger partial charge in [-0.2, -0.15) is 4.98 Å². The van der Waals surface area contributed by atoms with Crippen molar-refractivity contribution in [3.8, 4) is 29.4 Å². The molecule has 0 aliphatic rings. The van der Waals surface area contributed by atoms with Gasteiger partial charge in [0.1, 0.15) is 5.75 Å². The molecule has 0 fully saturated rings. The number of pyridine rings is 1. The minimum absolute atomic E-state index is 0.496. The van der Waals surface area contributed by atoms with Crippen LogP contribution in [0.2, 0.25) is 0 Å². The first-order valence-electron chi connectivity index (χ1n) is 5.53. The third-order valence-electron chi connectivity index (χ3n) is 2.23. The zero-order valence-electron chi connectivity index (χ0n) is 10.3. The molecule has 0 bridgehead atoms. The van der Waals surface area contributed by atoms with Gasteiger partial charge in [0.15, 0.2) is 0 Å². The maximum absolute atomic E-state index is 5.65. The van der Waals surface area contributed by atoms with E-state index in [0.717, 1.165) is 5.56 Å². The molecule has 1 heterocycles. The molecule has 2 aromatic rings. The fourth-order valence-corrected chi connectivity index (χ4v) is 1.47. The van der Waals surface area contributed by atoms with Crippen molar-refractivity contribution < 1.29 is 9.47 Å². The van der Waals surface area contributed by atoms with Crippen LogP contribution in [-0.2, 0) is 0 Å². The molecule has 0 amide bonds. The van der Waals surface area contributed by atoms with Crippen molar-refractivity contribution in [3.05, 3.63) is 48.0 Å². The van der Waals surface area contributed by atoms with Gasteiger partial charge < -0.3 is 9.47 Å². The smallest absolute Gasteiger partial charge is 0.222 e. The number of methoxy groups -OCH3 is 1. The third-order valence-corrected chi connectivity index (χ3v) is 2.23. The average Bonchev–Trinajstić information content (AvgIpc) is 2.40. The highest BCUT2D eigenvalue weighted by Crippen LogP contribution is 2.22. The van der Waals surface area contributed by atoms with E-state index in [1.54, 1.807) is 26.2 Å². The van der Waals surface area contributed by atoms with Crippen molar-refractivity contribution in [1.82, 2.24) is 4.98 Å². The van der Waals surface area contributed by atoms with Crippen molar-refractivity contribution >= 4 is 0 Å². The summed E-state index contributed by atoms with van der Waals surface area (Å²) in [5.74, 6) is 7.56. The molecule has 0 saturated carbocycles. The Balaban J connectivity index is 2.21. The molecule has 3 nitrogen and oxygen atoms in total. The molecule has 0 unspecified atom stereocenters. The SMILES string of the molecule is CC#Cc1cccc(Oc2cccc(OC)n2)c1. The number of benzene rings is 1. The summed E-state index contributed by atoms with van der Waals surface area (Å²) in [5, 5.41) is 0. The van der Waals surface area contributed by atoms with E-state index in [1.807, 2.05) is 30.3 Å². The molecule has 1 aromatic carbocycles. The van der Waals surface area contributed by atoms with Crippen molar-refractivity contribution in [2.75, 3.05) is 7.11 Å². The molecule has 0 aliphatic carbocycles. The van der Waals surface area contributed by atoms with Crippen LogP contribution < -0.4 is 9.47 Å². The van der Waals surface area contributed by atoms with E-state index < -0.39 is 0 Å². The Kier molecular flexibility index (Phi) is 3.83. The van der Waals surface area contributed by atoms with Crippen LogP contribution in [0.4, 0.5) is 0 Å². The fourth-order valence-electron chi connectivity index (χ4n) is 1.47. The number of aromatic nitrogens is 1. The van der Waals surface area contributed by atoms with Gasteiger partial charge in [-0.15, -0.1) is 5.92 Å². The third kappa shape index (κ3) is 3.02. The molecule has 90 valence electrons. The van der Waals surface area contributed by atoms with E-state index in [4.69, 9.17) is 9.47 Å². The minimum atomic E-state index is 0.496. The van der Waals surface area contributed by atoms with Crippen molar-refractivity contribution in [2.24, 2.45) is 0 Å². The largest absolute Gasteiger partial charge is 0.481 e. The van der Waals surface area contributed by atoms with E-state index >= 15 is 0 Å². The molecule has 0 atom stereocenters. The highest BCUT2D eigenvalue weighted by atomic mass is 16.5. The van der Waals surface area contributed by atoms with Gasteiger partial charge in [-0.05, 0) is 25.1 Å². The van der Waals surface area contributed by atoms with E-state index in [2.05, 4.69) is 16.8 Å².